The van der Waals surface area contributed by atoms with Gasteiger partial charge >= 0.3 is 0 Å². The third-order valence-corrected chi connectivity index (χ3v) is 6.21. The number of hydrogen-bond donors (Lipinski definition) is 1. The van der Waals surface area contributed by atoms with E-state index in [-0.39, 0.29) is 23.8 Å². The molecule has 7 heteroatoms. The Morgan fingerprint density at radius 2 is 1.76 bits per heavy atom. The summed E-state index contributed by atoms with van der Waals surface area (Å²) in [7, 11) is 1.59. The molecule has 1 saturated heterocycles. The van der Waals surface area contributed by atoms with Crippen molar-refractivity contribution in [2.75, 3.05) is 7.11 Å². The fraction of sp³-hybridized carbons (Fsp3) is 0.222. The van der Waals surface area contributed by atoms with Crippen LogP contribution in [-0.2, 0) is 16.1 Å². The Bertz CT molecular complexity index is 1250. The standard InChI is InChI=1S/C27H25ClN2O4/c1-16(2)21-14-19(6-9-22(21)34-3)25(31)23-24(18-4-7-20(28)8-5-18)30(27(33)26(23)32)15-17-10-12-29-13-11-17/h4-14,16,24,31H,15H2,1-3H3/b25-23-. The normalized spacial score (nSPS) is 17.4. The maximum absolute atomic E-state index is 13.2. The molecule has 0 spiro atoms. The molecule has 1 amide bonds. The molecule has 2 aromatic carbocycles. The van der Waals surface area contributed by atoms with Gasteiger partial charge in [0, 0.05) is 29.5 Å². The predicted molar refractivity (Wildman–Crippen MR) is 131 cm³/mol. The average Bonchev–Trinajstić information content (AvgIpc) is 3.09. The number of halogens is 1. The SMILES string of the molecule is COc1ccc(/C(O)=C2/C(=O)C(=O)N(Cc3ccncc3)C2c2ccc(Cl)cc2)cc1C(C)C. The van der Waals surface area contributed by atoms with E-state index in [1.807, 2.05) is 13.8 Å². The van der Waals surface area contributed by atoms with E-state index in [0.29, 0.717) is 21.9 Å². The van der Waals surface area contributed by atoms with E-state index >= 15 is 0 Å². The molecule has 1 N–H and O–H groups in total. The van der Waals surface area contributed by atoms with Crippen LogP contribution in [0.25, 0.3) is 5.76 Å². The Morgan fingerprint density at radius 3 is 2.38 bits per heavy atom. The second-order valence-corrected chi connectivity index (χ2v) is 8.88. The molecule has 0 bridgehead atoms. The Labute approximate surface area is 203 Å². The molecule has 174 valence electrons. The van der Waals surface area contributed by atoms with Crippen LogP contribution < -0.4 is 4.74 Å². The van der Waals surface area contributed by atoms with Crippen LogP contribution in [0, 0.1) is 0 Å². The number of pyridine rings is 1. The number of aromatic nitrogens is 1. The Hall–Kier alpha value is -3.64. The molecular weight excluding hydrogens is 452 g/mol. The first-order chi connectivity index (χ1) is 16.3. The highest BCUT2D eigenvalue weighted by molar-refractivity contribution is 6.46. The number of methoxy groups -OCH3 is 1. The van der Waals surface area contributed by atoms with Gasteiger partial charge in [-0.05, 0) is 65.1 Å². The molecule has 34 heavy (non-hydrogen) atoms. The van der Waals surface area contributed by atoms with Crippen LogP contribution in [0.2, 0.25) is 5.02 Å². The van der Waals surface area contributed by atoms with E-state index in [2.05, 4.69) is 4.98 Å². The van der Waals surface area contributed by atoms with Crippen molar-refractivity contribution in [3.05, 3.63) is 99.8 Å². The summed E-state index contributed by atoms with van der Waals surface area (Å²) >= 11 is 6.08. The highest BCUT2D eigenvalue weighted by Crippen LogP contribution is 2.41. The minimum absolute atomic E-state index is 0.0428. The van der Waals surface area contributed by atoms with Gasteiger partial charge in [0.25, 0.3) is 11.7 Å². The smallest absolute Gasteiger partial charge is 0.295 e. The van der Waals surface area contributed by atoms with Gasteiger partial charge in [-0.15, -0.1) is 0 Å². The zero-order valence-electron chi connectivity index (χ0n) is 19.2. The molecule has 1 aromatic heterocycles. The lowest BCUT2D eigenvalue weighted by atomic mass is 9.93. The first kappa shape index (κ1) is 23.5. The zero-order valence-corrected chi connectivity index (χ0v) is 19.9. The van der Waals surface area contributed by atoms with E-state index in [9.17, 15) is 14.7 Å². The van der Waals surface area contributed by atoms with Crippen LogP contribution in [0.4, 0.5) is 0 Å². The molecule has 1 atom stereocenters. The maximum atomic E-state index is 13.2. The van der Waals surface area contributed by atoms with Gasteiger partial charge in [-0.2, -0.15) is 0 Å². The number of carbonyl (C=O) groups is 2. The molecule has 1 fully saturated rings. The largest absolute Gasteiger partial charge is 0.507 e. The molecular formula is C27H25ClN2O4. The topological polar surface area (TPSA) is 79.7 Å². The number of benzene rings is 2. The highest BCUT2D eigenvalue weighted by Gasteiger charge is 2.46. The number of ketones is 1. The average molecular weight is 477 g/mol. The van der Waals surface area contributed by atoms with Crippen molar-refractivity contribution in [2.45, 2.75) is 32.4 Å². The van der Waals surface area contributed by atoms with Crippen LogP contribution >= 0.6 is 11.6 Å². The first-order valence-corrected chi connectivity index (χ1v) is 11.3. The summed E-state index contributed by atoms with van der Waals surface area (Å²) in [5.74, 6) is -0.799. The van der Waals surface area contributed by atoms with Crippen molar-refractivity contribution >= 4 is 29.1 Å². The molecule has 4 rings (SSSR count). The van der Waals surface area contributed by atoms with Gasteiger partial charge in [-0.25, -0.2) is 0 Å². The van der Waals surface area contributed by atoms with Crippen molar-refractivity contribution in [2.24, 2.45) is 0 Å². The van der Waals surface area contributed by atoms with E-state index in [0.717, 1.165) is 11.1 Å². The molecule has 0 radical (unpaired) electrons. The highest BCUT2D eigenvalue weighted by atomic mass is 35.5. The number of likely N-dealkylation sites (tertiary alicyclic amines) is 1. The number of nitrogens with zero attached hydrogens (tertiary/aromatic N) is 2. The van der Waals surface area contributed by atoms with Crippen molar-refractivity contribution in [3.8, 4) is 5.75 Å². The number of carbonyl (C=O) groups excluding carboxylic acids is 2. The summed E-state index contributed by atoms with van der Waals surface area (Å²) in [5.41, 5.74) is 2.88. The minimum atomic E-state index is -0.768. The van der Waals surface area contributed by atoms with Gasteiger partial charge in [0.2, 0.25) is 0 Å². The Balaban J connectivity index is 1.87. The maximum Gasteiger partial charge on any atom is 0.295 e. The summed E-state index contributed by atoms with van der Waals surface area (Å²) in [6.07, 6.45) is 3.27. The predicted octanol–water partition coefficient (Wildman–Crippen LogP) is 5.49. The number of hydrogen-bond acceptors (Lipinski definition) is 5. The summed E-state index contributed by atoms with van der Waals surface area (Å²) in [5, 5.41) is 11.9. The lowest BCUT2D eigenvalue weighted by molar-refractivity contribution is -0.140. The molecule has 0 aliphatic carbocycles. The fourth-order valence-corrected chi connectivity index (χ4v) is 4.33. The second kappa shape index (κ2) is 9.69. The van der Waals surface area contributed by atoms with Crippen LogP contribution in [0.15, 0.2) is 72.6 Å². The number of aliphatic hydroxyl groups excluding tert-OH is 1. The van der Waals surface area contributed by atoms with Gasteiger partial charge in [-0.1, -0.05) is 37.6 Å². The minimum Gasteiger partial charge on any atom is -0.507 e. The molecule has 1 unspecified atom stereocenters. The summed E-state index contributed by atoms with van der Waals surface area (Å²) in [4.78, 5) is 31.9. The fourth-order valence-electron chi connectivity index (χ4n) is 4.21. The zero-order chi connectivity index (χ0) is 24.4. The van der Waals surface area contributed by atoms with Crippen LogP contribution in [0.1, 0.15) is 48.1 Å². The molecule has 2 heterocycles. The van der Waals surface area contributed by atoms with Gasteiger partial charge in [-0.3, -0.25) is 14.6 Å². The van der Waals surface area contributed by atoms with E-state index in [4.69, 9.17) is 16.3 Å². The Morgan fingerprint density at radius 1 is 1.09 bits per heavy atom. The van der Waals surface area contributed by atoms with Gasteiger partial charge in [0.05, 0.1) is 18.7 Å². The molecule has 6 nitrogen and oxygen atoms in total. The quantitative estimate of drug-likeness (QED) is 0.289. The van der Waals surface area contributed by atoms with E-state index in [1.165, 1.54) is 4.90 Å². The van der Waals surface area contributed by atoms with E-state index < -0.39 is 17.7 Å². The van der Waals surface area contributed by atoms with Gasteiger partial charge < -0.3 is 14.7 Å². The van der Waals surface area contributed by atoms with Crippen LogP contribution in [-0.4, -0.2) is 33.8 Å². The third kappa shape index (κ3) is 4.41. The summed E-state index contributed by atoms with van der Waals surface area (Å²) < 4.78 is 5.45. The summed E-state index contributed by atoms with van der Waals surface area (Å²) in [6, 6.07) is 15.0. The Kier molecular flexibility index (Phi) is 6.70. The lowest BCUT2D eigenvalue weighted by Gasteiger charge is -2.25. The second-order valence-electron chi connectivity index (χ2n) is 8.45. The number of rotatable bonds is 6. The lowest BCUT2D eigenvalue weighted by Crippen LogP contribution is -2.29. The molecule has 3 aromatic rings. The van der Waals surface area contributed by atoms with Crippen LogP contribution in [0.3, 0.4) is 0 Å². The van der Waals surface area contributed by atoms with Crippen molar-refractivity contribution in [3.63, 3.8) is 0 Å². The number of amides is 1. The molecule has 0 saturated carbocycles. The first-order valence-electron chi connectivity index (χ1n) is 10.9. The van der Waals surface area contributed by atoms with E-state index in [1.54, 1.807) is 74.1 Å². The number of aliphatic hydroxyl groups is 1. The number of ether oxygens (including phenoxy) is 1. The summed E-state index contributed by atoms with van der Waals surface area (Å²) in [6.45, 7) is 4.23. The number of Topliss-reactive ketones (excluding diaryl/α,β-unsaturated/α-hetero) is 1. The third-order valence-electron chi connectivity index (χ3n) is 5.95. The van der Waals surface area contributed by atoms with Crippen molar-refractivity contribution in [1.29, 1.82) is 0 Å². The van der Waals surface area contributed by atoms with Crippen LogP contribution in [0.5, 0.6) is 5.75 Å². The van der Waals surface area contributed by atoms with Crippen molar-refractivity contribution in [1.82, 2.24) is 9.88 Å². The molecule has 1 aliphatic heterocycles. The molecule has 1 aliphatic rings. The van der Waals surface area contributed by atoms with Gasteiger partial charge in [0.15, 0.2) is 0 Å². The monoisotopic (exact) mass is 476 g/mol. The van der Waals surface area contributed by atoms with Gasteiger partial charge in [0.1, 0.15) is 11.5 Å². The van der Waals surface area contributed by atoms with Crippen molar-refractivity contribution < 1.29 is 19.4 Å².